The number of hydrogen-bond acceptors (Lipinski definition) is 4. The summed E-state index contributed by atoms with van der Waals surface area (Å²) in [5.74, 6) is -0.479. The number of rotatable bonds is 3. The zero-order valence-electron chi connectivity index (χ0n) is 10.5. The van der Waals surface area contributed by atoms with Crippen LogP contribution in [0.5, 0.6) is 0 Å². The summed E-state index contributed by atoms with van der Waals surface area (Å²) in [6, 6.07) is 2.74. The minimum atomic E-state index is -0.479. The van der Waals surface area contributed by atoms with E-state index in [2.05, 4.69) is 21.2 Å². The van der Waals surface area contributed by atoms with E-state index in [0.717, 1.165) is 12.8 Å². The third kappa shape index (κ3) is 3.03. The fourth-order valence-corrected chi connectivity index (χ4v) is 2.69. The molecule has 1 fully saturated rings. The van der Waals surface area contributed by atoms with Crippen molar-refractivity contribution in [2.45, 2.75) is 18.9 Å². The van der Waals surface area contributed by atoms with Crippen LogP contribution >= 0.6 is 15.9 Å². The molecule has 0 spiro atoms. The van der Waals surface area contributed by atoms with E-state index < -0.39 is 10.7 Å². The number of halogens is 2. The van der Waals surface area contributed by atoms with E-state index in [1.54, 1.807) is 0 Å². The first-order valence-corrected chi connectivity index (χ1v) is 6.88. The molecule has 0 amide bonds. The van der Waals surface area contributed by atoms with Crippen LogP contribution in [0.3, 0.4) is 0 Å². The lowest BCUT2D eigenvalue weighted by Crippen LogP contribution is -2.44. The molecule has 1 aromatic carbocycles. The molecule has 1 unspecified atom stereocenters. The standard InChI is InChI=1S/C12H15BrFN3O2/c1-15-8-3-2-4-16(7-8)11-6-10(14)9(13)5-12(11)17(18)19/h5-6,8,15H,2-4,7H2,1H3. The van der Waals surface area contributed by atoms with E-state index in [-0.39, 0.29) is 16.2 Å². The average molecular weight is 332 g/mol. The molecule has 0 radical (unpaired) electrons. The zero-order valence-corrected chi connectivity index (χ0v) is 12.1. The molecule has 19 heavy (non-hydrogen) atoms. The highest BCUT2D eigenvalue weighted by molar-refractivity contribution is 9.10. The van der Waals surface area contributed by atoms with Gasteiger partial charge in [0.1, 0.15) is 11.5 Å². The molecule has 104 valence electrons. The fraction of sp³-hybridized carbons (Fsp3) is 0.500. The summed E-state index contributed by atoms with van der Waals surface area (Å²) in [6.45, 7) is 1.36. The van der Waals surface area contributed by atoms with Gasteiger partial charge in [-0.25, -0.2) is 4.39 Å². The molecule has 1 atom stereocenters. The van der Waals surface area contributed by atoms with Crippen LogP contribution in [0.2, 0.25) is 0 Å². The molecule has 2 rings (SSSR count). The lowest BCUT2D eigenvalue weighted by atomic mass is 10.0. The van der Waals surface area contributed by atoms with Gasteiger partial charge in [-0.05, 0) is 35.8 Å². The van der Waals surface area contributed by atoms with Crippen LogP contribution in [0.25, 0.3) is 0 Å². The van der Waals surface area contributed by atoms with Crippen molar-refractivity contribution in [2.75, 3.05) is 25.0 Å². The maximum Gasteiger partial charge on any atom is 0.293 e. The predicted molar refractivity (Wildman–Crippen MR) is 75.0 cm³/mol. The van der Waals surface area contributed by atoms with Crippen LogP contribution in [0.15, 0.2) is 16.6 Å². The fourth-order valence-electron chi connectivity index (χ4n) is 2.36. The summed E-state index contributed by atoms with van der Waals surface area (Å²) < 4.78 is 13.8. The van der Waals surface area contributed by atoms with E-state index in [4.69, 9.17) is 0 Å². The zero-order chi connectivity index (χ0) is 14.0. The third-order valence-electron chi connectivity index (χ3n) is 3.38. The number of nitrogens with zero attached hydrogens (tertiary/aromatic N) is 2. The van der Waals surface area contributed by atoms with E-state index in [1.165, 1.54) is 12.1 Å². The van der Waals surface area contributed by atoms with Crippen molar-refractivity contribution in [3.63, 3.8) is 0 Å². The SMILES string of the molecule is CNC1CCCN(c2cc(F)c(Br)cc2[N+](=O)[O-])C1. The first kappa shape index (κ1) is 14.2. The Morgan fingerprint density at radius 2 is 2.32 bits per heavy atom. The number of hydrogen-bond donors (Lipinski definition) is 1. The van der Waals surface area contributed by atoms with Gasteiger partial charge in [-0.1, -0.05) is 0 Å². The number of nitro groups is 1. The Bertz CT molecular complexity index is 498. The van der Waals surface area contributed by atoms with Crippen molar-refractivity contribution >= 4 is 27.3 Å². The summed E-state index contributed by atoms with van der Waals surface area (Å²) in [6.07, 6.45) is 1.96. The maximum absolute atomic E-state index is 13.6. The van der Waals surface area contributed by atoms with Gasteiger partial charge < -0.3 is 10.2 Å². The Balaban J connectivity index is 2.37. The maximum atomic E-state index is 13.6. The van der Waals surface area contributed by atoms with Crippen molar-refractivity contribution in [1.82, 2.24) is 5.32 Å². The van der Waals surface area contributed by atoms with Crippen molar-refractivity contribution in [3.05, 3.63) is 32.5 Å². The highest BCUT2D eigenvalue weighted by Crippen LogP contribution is 2.34. The number of likely N-dealkylation sites (N-methyl/N-ethyl adjacent to an activating group) is 1. The molecule has 1 aliphatic rings. The molecular weight excluding hydrogens is 317 g/mol. The Labute approximate surface area is 119 Å². The van der Waals surface area contributed by atoms with Crippen LogP contribution in [-0.4, -0.2) is 31.1 Å². The van der Waals surface area contributed by atoms with Gasteiger partial charge in [-0.2, -0.15) is 0 Å². The van der Waals surface area contributed by atoms with Gasteiger partial charge in [0.05, 0.1) is 9.40 Å². The monoisotopic (exact) mass is 331 g/mol. The number of nitro benzene ring substituents is 1. The van der Waals surface area contributed by atoms with E-state index in [1.807, 2.05) is 11.9 Å². The molecule has 0 bridgehead atoms. The first-order chi connectivity index (χ1) is 9.02. The number of nitrogens with one attached hydrogen (secondary N) is 1. The van der Waals surface area contributed by atoms with Gasteiger partial charge in [-0.15, -0.1) is 0 Å². The number of piperidine rings is 1. The smallest absolute Gasteiger partial charge is 0.293 e. The van der Waals surface area contributed by atoms with Crippen LogP contribution in [0.4, 0.5) is 15.8 Å². The number of anilines is 1. The molecule has 1 saturated heterocycles. The Morgan fingerprint density at radius 1 is 1.58 bits per heavy atom. The summed E-state index contributed by atoms with van der Waals surface area (Å²) in [4.78, 5) is 12.5. The van der Waals surface area contributed by atoms with Gasteiger partial charge in [0.25, 0.3) is 5.69 Å². The molecule has 0 aliphatic carbocycles. The topological polar surface area (TPSA) is 58.4 Å². The molecule has 1 aliphatic heterocycles. The lowest BCUT2D eigenvalue weighted by molar-refractivity contribution is -0.384. The van der Waals surface area contributed by atoms with Crippen LogP contribution in [-0.2, 0) is 0 Å². The van der Waals surface area contributed by atoms with Gasteiger partial charge in [0.2, 0.25) is 0 Å². The van der Waals surface area contributed by atoms with Crippen LogP contribution in [0, 0.1) is 15.9 Å². The molecule has 5 nitrogen and oxygen atoms in total. The van der Waals surface area contributed by atoms with Crippen molar-refractivity contribution in [2.24, 2.45) is 0 Å². The van der Waals surface area contributed by atoms with E-state index >= 15 is 0 Å². The molecule has 1 aromatic rings. The Kier molecular flexibility index (Phi) is 4.36. The van der Waals surface area contributed by atoms with Gasteiger partial charge in [0, 0.05) is 31.3 Å². The molecule has 0 aromatic heterocycles. The summed E-state index contributed by atoms with van der Waals surface area (Å²) in [5.41, 5.74) is 0.288. The van der Waals surface area contributed by atoms with E-state index in [9.17, 15) is 14.5 Å². The molecule has 1 heterocycles. The predicted octanol–water partition coefficient (Wildman–Crippen LogP) is 2.68. The van der Waals surface area contributed by atoms with Gasteiger partial charge in [-0.3, -0.25) is 10.1 Å². The highest BCUT2D eigenvalue weighted by Gasteiger charge is 2.26. The largest absolute Gasteiger partial charge is 0.364 e. The van der Waals surface area contributed by atoms with Crippen molar-refractivity contribution in [1.29, 1.82) is 0 Å². The normalized spacial score (nSPS) is 19.5. The second-order valence-corrected chi connectivity index (χ2v) is 5.44. The molecule has 7 heteroatoms. The Hall–Kier alpha value is -1.21. The van der Waals surface area contributed by atoms with Crippen LogP contribution < -0.4 is 10.2 Å². The third-order valence-corrected chi connectivity index (χ3v) is 3.99. The van der Waals surface area contributed by atoms with Crippen molar-refractivity contribution in [3.8, 4) is 0 Å². The average Bonchev–Trinajstić information content (AvgIpc) is 2.41. The summed E-state index contributed by atoms with van der Waals surface area (Å²) in [5, 5.41) is 14.3. The lowest BCUT2D eigenvalue weighted by Gasteiger charge is -2.33. The summed E-state index contributed by atoms with van der Waals surface area (Å²) >= 11 is 2.99. The van der Waals surface area contributed by atoms with Gasteiger partial charge >= 0.3 is 0 Å². The van der Waals surface area contributed by atoms with Gasteiger partial charge in [0.15, 0.2) is 0 Å². The number of benzene rings is 1. The second kappa shape index (κ2) is 5.83. The van der Waals surface area contributed by atoms with Crippen LogP contribution in [0.1, 0.15) is 12.8 Å². The molecule has 1 N–H and O–H groups in total. The minimum Gasteiger partial charge on any atom is -0.364 e. The quantitative estimate of drug-likeness (QED) is 0.683. The second-order valence-electron chi connectivity index (χ2n) is 4.59. The minimum absolute atomic E-state index is 0.0648. The Morgan fingerprint density at radius 3 is 2.95 bits per heavy atom. The van der Waals surface area contributed by atoms with Crippen molar-refractivity contribution < 1.29 is 9.31 Å². The molecular formula is C12H15BrFN3O2. The highest BCUT2D eigenvalue weighted by atomic mass is 79.9. The van der Waals surface area contributed by atoms with E-state index in [0.29, 0.717) is 18.8 Å². The summed E-state index contributed by atoms with van der Waals surface area (Å²) in [7, 11) is 1.87. The molecule has 0 saturated carbocycles. The first-order valence-electron chi connectivity index (χ1n) is 6.08.